The second-order valence-electron chi connectivity index (χ2n) is 24.3. The van der Waals surface area contributed by atoms with E-state index in [1.54, 1.807) is 46.9 Å². The van der Waals surface area contributed by atoms with Crippen LogP contribution in [0.3, 0.4) is 0 Å². The van der Waals surface area contributed by atoms with Crippen molar-refractivity contribution in [1.82, 2.24) is 17.5 Å². The number of aryl methyl sites for hydroxylation is 2. The number of hydrogen-bond donors (Lipinski definition) is 0. The van der Waals surface area contributed by atoms with Gasteiger partial charge in [0.1, 0.15) is 44.8 Å². The van der Waals surface area contributed by atoms with Gasteiger partial charge in [-0.15, -0.1) is 46.9 Å². The number of rotatable bonds is 13. The SMILES string of the molecule is Brc1c2c(c(Br)c3nsnc13)N=S=N2.C#CC#CC#C.Cc1ccc(-c2cccc(SC(F)(F)F)c2)s1.Cc1cccc(-c2ccc(-c3c4c(c(-c5ccc(-c6cccc(SC(F)(F)F)c6)s5)c5nsnc35)N=S=N4)s2)c1.[Cl][Pd][Cl].c1ccc(P(c2ccccc2)c2ccccc2)cc1.c1ccc(P(c2ccccc2)c2ccccc2)cc1. The van der Waals surface area contributed by atoms with Gasteiger partial charge in [0, 0.05) is 50.2 Å². The van der Waals surface area contributed by atoms with Crippen LogP contribution in [0.15, 0.2) is 327 Å². The van der Waals surface area contributed by atoms with Gasteiger partial charge >= 0.3 is 46.0 Å². The van der Waals surface area contributed by atoms with Crippen LogP contribution in [0.5, 0.6) is 0 Å². The normalized spacial score (nSPS) is 11.3. The fourth-order valence-electron chi connectivity index (χ4n) is 11.7. The second kappa shape index (κ2) is 43.9. The van der Waals surface area contributed by atoms with E-state index >= 15 is 0 Å². The van der Waals surface area contributed by atoms with E-state index in [2.05, 4.69) is 316 Å². The molecule has 18 rings (SSSR count). The number of thioether (sulfide) groups is 2. The third-order valence-electron chi connectivity index (χ3n) is 16.5. The molecule has 8 nitrogen and oxygen atoms in total. The van der Waals surface area contributed by atoms with Crippen molar-refractivity contribution in [3.8, 4) is 88.7 Å². The summed E-state index contributed by atoms with van der Waals surface area (Å²) in [5.74, 6) is 8.61. The maximum atomic E-state index is 12.9. The van der Waals surface area contributed by atoms with Gasteiger partial charge in [-0.05, 0) is 218 Å². The Balaban J connectivity index is 0.000000140. The molecule has 0 spiro atoms. The molecule has 7 heterocycles. The van der Waals surface area contributed by atoms with Gasteiger partial charge in [0.15, 0.2) is 0 Å². The maximum absolute atomic E-state index is 12.9. The molecule has 0 aliphatic carbocycles. The van der Waals surface area contributed by atoms with Crippen molar-refractivity contribution in [2.75, 3.05) is 0 Å². The largest absolute Gasteiger partial charge is 0.0622 e. The Morgan fingerprint density at radius 1 is 0.364 bits per heavy atom. The fourth-order valence-corrected chi connectivity index (χ4v) is 24.3. The minimum absolute atomic E-state index is 0.0790. The van der Waals surface area contributed by atoms with Crippen LogP contribution < -0.4 is 31.8 Å². The van der Waals surface area contributed by atoms with Crippen molar-refractivity contribution in [2.24, 2.45) is 17.5 Å². The zero-order valence-electron chi connectivity index (χ0n) is 61.1. The molecule has 118 heavy (non-hydrogen) atoms. The molecule has 0 N–H and O–H groups in total. The fraction of sp³-hybridized carbons (Fsp3) is 0.0455. The average molecular weight is 2030 g/mol. The molecular formula is C88H56Br2Cl2F6N8P2PdS9. The zero-order valence-corrected chi connectivity index (χ0v) is 76.5. The number of terminal acetylenes is 2. The van der Waals surface area contributed by atoms with Crippen LogP contribution in [0.1, 0.15) is 10.4 Å². The van der Waals surface area contributed by atoms with Crippen molar-refractivity contribution in [1.29, 1.82) is 0 Å². The second-order valence-corrected chi connectivity index (χ2v) is 40.5. The van der Waals surface area contributed by atoms with Crippen molar-refractivity contribution in [3.05, 3.63) is 311 Å². The predicted molar refractivity (Wildman–Crippen MR) is 501 cm³/mol. The molecule has 0 atom stereocenters. The molecule has 0 saturated carbocycles. The van der Waals surface area contributed by atoms with Crippen LogP contribution in [-0.4, -0.2) is 28.5 Å². The molecule has 2 aliphatic heterocycles. The molecule has 2 aliphatic rings. The molecule has 0 unspecified atom stereocenters. The third kappa shape index (κ3) is 24.1. The summed E-state index contributed by atoms with van der Waals surface area (Å²) in [6.45, 7) is 4.06. The van der Waals surface area contributed by atoms with E-state index in [1.807, 2.05) is 43.3 Å². The Hall–Kier alpha value is -8.18. The first kappa shape index (κ1) is 89.1. The average Bonchev–Trinajstić information content (AvgIpc) is 1.57. The Labute approximate surface area is 750 Å². The van der Waals surface area contributed by atoms with Gasteiger partial charge in [-0.1, -0.05) is 236 Å². The Kier molecular flexibility index (Phi) is 33.1. The molecule has 11 aromatic carbocycles. The first-order valence-electron chi connectivity index (χ1n) is 34.6. The molecule has 0 radical (unpaired) electrons. The molecule has 592 valence electrons. The smallest absolute Gasteiger partial charge is 0.0134 e. The minimum Gasteiger partial charge on any atom is -0.0622 e. The van der Waals surface area contributed by atoms with Gasteiger partial charge in [0.05, 0.1) is 55.1 Å². The molecule has 0 bridgehead atoms. The number of alkyl halides is 6. The monoisotopic (exact) mass is 2020 g/mol. The summed E-state index contributed by atoms with van der Waals surface area (Å²) in [5, 5.41) is 8.39. The third-order valence-corrected chi connectivity index (χ3v) is 29.8. The van der Waals surface area contributed by atoms with Gasteiger partial charge in [-0.2, -0.15) is 61.3 Å². The van der Waals surface area contributed by atoms with Gasteiger partial charge in [-0.25, -0.2) is 0 Å². The van der Waals surface area contributed by atoms with Crippen LogP contribution in [0.2, 0.25) is 0 Å². The summed E-state index contributed by atoms with van der Waals surface area (Å²) in [6.07, 6.45) is 9.39. The first-order chi connectivity index (χ1) is 57.3. The molecule has 30 heteroatoms. The molecular weight excluding hydrogens is 1970 g/mol. The Bertz CT molecular complexity index is 6040. The number of fused-ring (bicyclic) bond motifs is 4. The molecule has 0 amide bonds. The van der Waals surface area contributed by atoms with E-state index in [9.17, 15) is 26.3 Å². The summed E-state index contributed by atoms with van der Waals surface area (Å²) in [6, 6.07) is 98.1. The van der Waals surface area contributed by atoms with Crippen molar-refractivity contribution in [3.63, 3.8) is 0 Å². The standard InChI is InChI=1S/C28H15F3N4S5.2C18H15P.C12H9F3S2.C6Br2N4S2.C6H2.2ClH.Pd/c1-14-4-2-5-15(12-14)18-8-10-20(36-18)22-24-26(34-39-32-24)23(27-25(22)33-40-35-27)21-11-9-19(37-21)16-6-3-7-17(13-16)38-28(29,30)31;2*1-4-10-16(11-5-1)19(17-12-6-2-7-13-17)18-14-8-3-9-15-18;1-8-5-6-11(16-8)9-3-2-4-10(7-9)17-12(13,14)15;7-1-3-5(11-13-9-3)2(8)6-4(1)10-14-12-6;1-3-5-6-4-2;;;/h2-13H,1H3;2*1-15H;2-7H,1H3;;1-2H;2*1H;/q;;;;;;;;+2/p-2. The van der Waals surface area contributed by atoms with Gasteiger partial charge in [0.25, 0.3) is 0 Å². The number of halogens is 10. The van der Waals surface area contributed by atoms with E-state index in [1.165, 1.54) is 83.9 Å². The minimum atomic E-state index is -4.34. The van der Waals surface area contributed by atoms with Gasteiger partial charge in [-0.3, -0.25) is 0 Å². The summed E-state index contributed by atoms with van der Waals surface area (Å²) >= 11 is 16.0. The number of nitrogens with zero attached hydrogens (tertiary/aromatic N) is 8. The quantitative estimate of drug-likeness (QED) is 0.0375. The number of hydrogen-bond acceptors (Lipinski definition) is 15. The molecule has 16 aromatic rings. The van der Waals surface area contributed by atoms with Crippen molar-refractivity contribution >= 4 is 247 Å². The summed E-state index contributed by atoms with van der Waals surface area (Å²) in [5.41, 5.74) is 3.52. The molecule has 5 aromatic heterocycles. The number of aromatic nitrogens is 4. The molecule has 0 saturated heterocycles. The molecule has 0 fully saturated rings. The first-order valence-corrected chi connectivity index (χ1v) is 49.9. The summed E-state index contributed by atoms with van der Waals surface area (Å²) in [7, 11) is 8.74. The summed E-state index contributed by atoms with van der Waals surface area (Å²) < 4.78 is 113. The topological polar surface area (TPSA) is 101 Å². The van der Waals surface area contributed by atoms with E-state index in [0.717, 1.165) is 134 Å². The predicted octanol–water partition coefficient (Wildman–Crippen LogP) is 28.9. The van der Waals surface area contributed by atoms with Crippen LogP contribution >= 0.6 is 148 Å². The van der Waals surface area contributed by atoms with Gasteiger partial charge in [0.2, 0.25) is 0 Å². The maximum Gasteiger partial charge on any atom is -0.0134 e. The van der Waals surface area contributed by atoms with E-state index in [-0.39, 0.29) is 49.3 Å². The zero-order chi connectivity index (χ0) is 83.0. The van der Waals surface area contributed by atoms with E-state index < -0.39 is 26.9 Å². The Morgan fingerprint density at radius 3 is 0.975 bits per heavy atom. The van der Waals surface area contributed by atoms with E-state index in [4.69, 9.17) is 31.9 Å². The Morgan fingerprint density at radius 2 is 0.661 bits per heavy atom. The van der Waals surface area contributed by atoms with Crippen molar-refractivity contribution in [2.45, 2.75) is 34.7 Å². The van der Waals surface area contributed by atoms with Crippen LogP contribution in [0, 0.1) is 50.4 Å². The number of benzene rings is 11. The van der Waals surface area contributed by atoms with Crippen LogP contribution in [0.25, 0.3) is 74.3 Å². The van der Waals surface area contributed by atoms with Crippen molar-refractivity contribution < 1.29 is 42.3 Å². The summed E-state index contributed by atoms with van der Waals surface area (Å²) in [4.78, 5) is 6.49. The van der Waals surface area contributed by atoms with Crippen LogP contribution in [0.4, 0.5) is 49.1 Å². The van der Waals surface area contributed by atoms with Gasteiger partial charge < -0.3 is 0 Å². The van der Waals surface area contributed by atoms with E-state index in [0.29, 0.717) is 0 Å². The number of thiophene rings is 3. The van der Waals surface area contributed by atoms with Crippen LogP contribution in [-0.2, 0) is 38.6 Å².